The number of furan rings is 1. The molecule has 0 bridgehead atoms. The van der Waals surface area contributed by atoms with Crippen molar-refractivity contribution < 1.29 is 4.42 Å². The van der Waals surface area contributed by atoms with E-state index in [1.807, 2.05) is 61.6 Å². The molecule has 0 spiro atoms. The van der Waals surface area contributed by atoms with Gasteiger partial charge in [0.2, 0.25) is 0 Å². The molecule has 0 saturated heterocycles. The zero-order valence-electron chi connectivity index (χ0n) is 31.7. The number of benzene rings is 9. The Labute approximate surface area is 331 Å². The second kappa shape index (κ2) is 15.2. The summed E-state index contributed by atoms with van der Waals surface area (Å²) in [6, 6.07) is 69.3. The molecule has 0 N–H and O–H groups in total. The summed E-state index contributed by atoms with van der Waals surface area (Å²) >= 11 is 1.87. The number of thiophene rings is 1. The molecule has 0 radical (unpaired) electrons. The third-order valence-corrected chi connectivity index (χ3v) is 11.5. The van der Waals surface area contributed by atoms with Gasteiger partial charge in [0, 0.05) is 47.7 Å². The van der Waals surface area contributed by atoms with Gasteiger partial charge in [-0.2, -0.15) is 0 Å². The standard InChI is InChI=1S/C39H27NS.C12H8O.C2H6/c1-26-21-29(27-19-20-36-35-17-9-10-18-38(35)41-39(36)25-27)23-31(22-26)40(30-12-3-2-4-13-30)37-24-28-11-5-6-14-32(28)33-15-7-8-16-34(33)37;1-3-7-11-9(5-1)10-6-2-4-8-12(10)13-11;1-2/h2-25H,1H3;1-8H;1-2H3. The van der Waals surface area contributed by atoms with Crippen LogP contribution in [0.25, 0.3) is 74.8 Å². The van der Waals surface area contributed by atoms with Crippen LogP contribution in [-0.2, 0) is 0 Å². The minimum atomic E-state index is 0.962. The van der Waals surface area contributed by atoms with Crippen LogP contribution in [-0.4, -0.2) is 0 Å². The molecule has 2 aromatic heterocycles. The van der Waals surface area contributed by atoms with Crippen molar-refractivity contribution in [2.45, 2.75) is 20.8 Å². The van der Waals surface area contributed by atoms with Gasteiger partial charge in [0.05, 0.1) is 5.69 Å². The number of rotatable bonds is 4. The van der Waals surface area contributed by atoms with Crippen molar-refractivity contribution in [1.82, 2.24) is 0 Å². The number of fused-ring (bicyclic) bond motifs is 9. The lowest BCUT2D eigenvalue weighted by Crippen LogP contribution is -2.11. The Morgan fingerprint density at radius 1 is 0.393 bits per heavy atom. The van der Waals surface area contributed by atoms with Crippen LogP contribution in [0.3, 0.4) is 0 Å². The first-order chi connectivity index (χ1) is 27.7. The highest BCUT2D eigenvalue weighted by Crippen LogP contribution is 2.44. The maximum Gasteiger partial charge on any atom is 0.135 e. The fraction of sp³-hybridized carbons (Fsp3) is 0.0566. The molecule has 270 valence electrons. The highest BCUT2D eigenvalue weighted by atomic mass is 32.1. The van der Waals surface area contributed by atoms with Crippen LogP contribution < -0.4 is 4.90 Å². The summed E-state index contributed by atoms with van der Waals surface area (Å²) in [5.74, 6) is 0. The van der Waals surface area contributed by atoms with E-state index in [9.17, 15) is 0 Å². The Balaban J connectivity index is 0.000000228. The number of para-hydroxylation sites is 3. The molecule has 11 aromatic rings. The van der Waals surface area contributed by atoms with Crippen LogP contribution >= 0.6 is 11.3 Å². The van der Waals surface area contributed by atoms with Crippen LogP contribution in [0, 0.1) is 6.92 Å². The largest absolute Gasteiger partial charge is 0.456 e. The number of hydrogen-bond acceptors (Lipinski definition) is 3. The quantitative estimate of drug-likeness (QED) is 0.167. The lowest BCUT2D eigenvalue weighted by atomic mass is 9.97. The Morgan fingerprint density at radius 3 is 1.70 bits per heavy atom. The Kier molecular flexibility index (Phi) is 9.52. The third kappa shape index (κ3) is 6.46. The molecule has 0 saturated carbocycles. The van der Waals surface area contributed by atoms with Crippen LogP contribution in [0.5, 0.6) is 0 Å². The van der Waals surface area contributed by atoms with Crippen LogP contribution in [0.1, 0.15) is 19.4 Å². The molecule has 0 aliphatic carbocycles. The van der Waals surface area contributed by atoms with E-state index in [-0.39, 0.29) is 0 Å². The fourth-order valence-electron chi connectivity index (χ4n) is 7.86. The van der Waals surface area contributed by atoms with E-state index < -0.39 is 0 Å². The molecule has 0 aliphatic rings. The predicted molar refractivity (Wildman–Crippen MR) is 244 cm³/mol. The summed E-state index contributed by atoms with van der Waals surface area (Å²) in [6.07, 6.45) is 0. The van der Waals surface area contributed by atoms with Crippen molar-refractivity contribution in [3.63, 3.8) is 0 Å². The molecular weight excluding hydrogens is 699 g/mol. The molecule has 0 fully saturated rings. The highest BCUT2D eigenvalue weighted by molar-refractivity contribution is 7.25. The molecule has 3 heteroatoms. The first-order valence-corrected chi connectivity index (χ1v) is 20.1. The van der Waals surface area contributed by atoms with E-state index in [1.54, 1.807) is 0 Å². The summed E-state index contributed by atoms with van der Waals surface area (Å²) in [4.78, 5) is 2.42. The Hall–Kier alpha value is -6.68. The zero-order chi connectivity index (χ0) is 38.0. The van der Waals surface area contributed by atoms with E-state index in [1.165, 1.54) is 74.9 Å². The summed E-state index contributed by atoms with van der Waals surface area (Å²) < 4.78 is 8.31. The average molecular weight is 740 g/mol. The van der Waals surface area contributed by atoms with Gasteiger partial charge in [-0.15, -0.1) is 11.3 Å². The summed E-state index contributed by atoms with van der Waals surface area (Å²) in [5.41, 5.74) is 9.11. The maximum atomic E-state index is 5.65. The maximum absolute atomic E-state index is 5.65. The first-order valence-electron chi connectivity index (χ1n) is 19.3. The van der Waals surface area contributed by atoms with Crippen molar-refractivity contribution in [2.24, 2.45) is 0 Å². The van der Waals surface area contributed by atoms with Crippen LogP contribution in [0.2, 0.25) is 0 Å². The zero-order valence-corrected chi connectivity index (χ0v) is 32.6. The Morgan fingerprint density at radius 2 is 0.964 bits per heavy atom. The lowest BCUT2D eigenvalue weighted by molar-refractivity contribution is 0.669. The Bertz CT molecular complexity index is 3090. The monoisotopic (exact) mass is 739 g/mol. The average Bonchev–Trinajstić information content (AvgIpc) is 3.83. The molecule has 9 aromatic carbocycles. The fourth-order valence-corrected chi connectivity index (χ4v) is 9.01. The summed E-state index contributed by atoms with van der Waals surface area (Å²) in [7, 11) is 0. The highest BCUT2D eigenvalue weighted by Gasteiger charge is 2.18. The molecule has 0 aliphatic heterocycles. The molecule has 2 nitrogen and oxygen atoms in total. The molecule has 0 atom stereocenters. The SMILES string of the molecule is CC.Cc1cc(-c2ccc3c(c2)sc2ccccc23)cc(N(c2ccccc2)c2cc3ccccc3c3ccccc23)c1.c1ccc2c(c1)oc1ccccc12. The number of aryl methyl sites for hydroxylation is 1. The molecule has 0 unspecified atom stereocenters. The molecular formula is C53H41NOS. The normalized spacial score (nSPS) is 11.1. The molecule has 2 heterocycles. The summed E-state index contributed by atoms with van der Waals surface area (Å²) in [6.45, 7) is 6.20. The van der Waals surface area contributed by atoms with Crippen LogP contribution in [0.15, 0.2) is 199 Å². The molecule has 56 heavy (non-hydrogen) atoms. The number of hydrogen-bond donors (Lipinski definition) is 0. The number of nitrogens with zero attached hydrogens (tertiary/aromatic N) is 1. The van der Waals surface area contributed by atoms with E-state index in [0.29, 0.717) is 0 Å². The predicted octanol–water partition coefficient (Wildman–Crippen LogP) is 16.4. The van der Waals surface area contributed by atoms with E-state index in [2.05, 4.69) is 170 Å². The van der Waals surface area contributed by atoms with Gasteiger partial charge in [0.25, 0.3) is 0 Å². The van der Waals surface area contributed by atoms with Gasteiger partial charge in [-0.25, -0.2) is 0 Å². The van der Waals surface area contributed by atoms with Gasteiger partial charge < -0.3 is 9.32 Å². The van der Waals surface area contributed by atoms with E-state index >= 15 is 0 Å². The summed E-state index contributed by atoms with van der Waals surface area (Å²) in [5, 5.41) is 10.1. The van der Waals surface area contributed by atoms with Gasteiger partial charge in [-0.3, -0.25) is 0 Å². The second-order valence-electron chi connectivity index (χ2n) is 13.8. The van der Waals surface area contributed by atoms with Gasteiger partial charge in [-0.05, 0) is 94.4 Å². The van der Waals surface area contributed by atoms with Crippen molar-refractivity contribution >= 4 is 92.1 Å². The van der Waals surface area contributed by atoms with Crippen molar-refractivity contribution in [2.75, 3.05) is 4.90 Å². The van der Waals surface area contributed by atoms with Crippen molar-refractivity contribution in [3.05, 3.63) is 200 Å². The van der Waals surface area contributed by atoms with Crippen molar-refractivity contribution in [3.8, 4) is 11.1 Å². The lowest BCUT2D eigenvalue weighted by Gasteiger charge is -2.28. The van der Waals surface area contributed by atoms with Gasteiger partial charge >= 0.3 is 0 Å². The number of anilines is 3. The minimum absolute atomic E-state index is 0.962. The topological polar surface area (TPSA) is 16.4 Å². The first kappa shape index (κ1) is 35.0. The van der Waals surface area contributed by atoms with Gasteiger partial charge in [0.15, 0.2) is 0 Å². The second-order valence-corrected chi connectivity index (χ2v) is 14.9. The minimum Gasteiger partial charge on any atom is -0.456 e. The third-order valence-electron chi connectivity index (χ3n) is 10.3. The van der Waals surface area contributed by atoms with Crippen molar-refractivity contribution in [1.29, 1.82) is 0 Å². The molecule has 0 amide bonds. The smallest absolute Gasteiger partial charge is 0.135 e. The molecule has 11 rings (SSSR count). The van der Waals surface area contributed by atoms with Crippen LogP contribution in [0.4, 0.5) is 17.1 Å². The van der Waals surface area contributed by atoms with E-state index in [4.69, 9.17) is 4.42 Å². The van der Waals surface area contributed by atoms with Gasteiger partial charge in [0.1, 0.15) is 11.2 Å². The van der Waals surface area contributed by atoms with E-state index in [0.717, 1.165) is 22.5 Å². The van der Waals surface area contributed by atoms with Gasteiger partial charge in [-0.1, -0.05) is 153 Å².